The number of sulfone groups is 1. The predicted molar refractivity (Wildman–Crippen MR) is 57.3 cm³/mol. The fourth-order valence-electron chi connectivity index (χ4n) is 2.16. The molecule has 1 aromatic rings. The lowest BCUT2D eigenvalue weighted by Gasteiger charge is -2.11. The van der Waals surface area contributed by atoms with Gasteiger partial charge in [0.2, 0.25) is 0 Å². The SMILES string of the molecule is O=S1(=O)CC(NC2CC2)c2cc(F)c(F)cc21. The smallest absolute Gasteiger partial charge is 0.180 e. The summed E-state index contributed by atoms with van der Waals surface area (Å²) in [5, 5.41) is 3.14. The first kappa shape index (κ1) is 11.1. The average Bonchev–Trinajstić information content (AvgIpc) is 3.00. The van der Waals surface area contributed by atoms with E-state index in [1.165, 1.54) is 0 Å². The van der Waals surface area contributed by atoms with Crippen LogP contribution in [-0.4, -0.2) is 20.2 Å². The van der Waals surface area contributed by atoms with E-state index in [9.17, 15) is 17.2 Å². The third kappa shape index (κ3) is 1.85. The quantitative estimate of drug-likeness (QED) is 0.820. The van der Waals surface area contributed by atoms with Gasteiger partial charge in [-0.2, -0.15) is 0 Å². The summed E-state index contributed by atoms with van der Waals surface area (Å²) in [4.78, 5) is -0.0745. The van der Waals surface area contributed by atoms with Gasteiger partial charge in [-0.15, -0.1) is 0 Å². The summed E-state index contributed by atoms with van der Waals surface area (Å²) in [6, 6.07) is 1.69. The molecule has 92 valence electrons. The van der Waals surface area contributed by atoms with Crippen LogP contribution in [0.5, 0.6) is 0 Å². The Morgan fingerprint density at radius 2 is 1.82 bits per heavy atom. The number of hydrogen-bond donors (Lipinski definition) is 1. The van der Waals surface area contributed by atoms with Crippen molar-refractivity contribution in [2.75, 3.05) is 5.75 Å². The van der Waals surface area contributed by atoms with Crippen molar-refractivity contribution >= 4 is 9.84 Å². The first-order valence-electron chi connectivity index (χ1n) is 5.45. The molecular formula is C11H11F2NO2S. The fraction of sp³-hybridized carbons (Fsp3) is 0.455. The highest BCUT2D eigenvalue weighted by Crippen LogP contribution is 2.36. The van der Waals surface area contributed by atoms with Crippen LogP contribution in [0, 0.1) is 11.6 Å². The monoisotopic (exact) mass is 259 g/mol. The van der Waals surface area contributed by atoms with Crippen LogP contribution in [0.2, 0.25) is 0 Å². The van der Waals surface area contributed by atoms with Crippen molar-refractivity contribution in [1.82, 2.24) is 5.32 Å². The van der Waals surface area contributed by atoms with Crippen molar-refractivity contribution < 1.29 is 17.2 Å². The van der Waals surface area contributed by atoms with Crippen molar-refractivity contribution in [3.8, 4) is 0 Å². The molecule has 0 amide bonds. The van der Waals surface area contributed by atoms with Gasteiger partial charge in [-0.05, 0) is 30.5 Å². The van der Waals surface area contributed by atoms with Crippen LogP contribution in [0.1, 0.15) is 24.4 Å². The minimum absolute atomic E-state index is 0.0745. The van der Waals surface area contributed by atoms with E-state index in [4.69, 9.17) is 0 Å². The average molecular weight is 259 g/mol. The second kappa shape index (κ2) is 3.49. The number of halogens is 2. The van der Waals surface area contributed by atoms with Gasteiger partial charge >= 0.3 is 0 Å². The summed E-state index contributed by atoms with van der Waals surface area (Å²) < 4.78 is 49.8. The molecule has 0 aromatic heterocycles. The van der Waals surface area contributed by atoms with Crippen LogP contribution in [0.4, 0.5) is 8.78 Å². The van der Waals surface area contributed by atoms with Gasteiger partial charge in [0, 0.05) is 12.1 Å². The molecule has 1 heterocycles. The molecule has 3 rings (SSSR count). The minimum atomic E-state index is -3.48. The molecule has 1 atom stereocenters. The Kier molecular flexibility index (Phi) is 2.28. The highest BCUT2D eigenvalue weighted by Gasteiger charge is 2.38. The normalized spacial score (nSPS) is 25.9. The summed E-state index contributed by atoms with van der Waals surface area (Å²) in [6.07, 6.45) is 2.02. The summed E-state index contributed by atoms with van der Waals surface area (Å²) in [5.74, 6) is -2.22. The van der Waals surface area contributed by atoms with Gasteiger partial charge in [0.05, 0.1) is 10.6 Å². The van der Waals surface area contributed by atoms with E-state index in [2.05, 4.69) is 5.32 Å². The van der Waals surface area contributed by atoms with Crippen molar-refractivity contribution in [1.29, 1.82) is 0 Å². The van der Waals surface area contributed by atoms with Crippen LogP contribution in [0.3, 0.4) is 0 Å². The van der Waals surface area contributed by atoms with E-state index in [1.807, 2.05) is 0 Å². The van der Waals surface area contributed by atoms with E-state index >= 15 is 0 Å². The van der Waals surface area contributed by atoms with Crippen molar-refractivity contribution in [3.05, 3.63) is 29.3 Å². The van der Waals surface area contributed by atoms with Gasteiger partial charge in [-0.3, -0.25) is 0 Å². The van der Waals surface area contributed by atoms with Crippen LogP contribution < -0.4 is 5.32 Å². The highest BCUT2D eigenvalue weighted by molar-refractivity contribution is 7.91. The van der Waals surface area contributed by atoms with Gasteiger partial charge in [-0.25, -0.2) is 17.2 Å². The van der Waals surface area contributed by atoms with E-state index in [1.54, 1.807) is 0 Å². The number of hydrogen-bond acceptors (Lipinski definition) is 3. The molecule has 1 aromatic carbocycles. The number of benzene rings is 1. The molecule has 0 bridgehead atoms. The lowest BCUT2D eigenvalue weighted by Crippen LogP contribution is -2.24. The van der Waals surface area contributed by atoms with E-state index < -0.39 is 27.5 Å². The highest BCUT2D eigenvalue weighted by atomic mass is 32.2. The van der Waals surface area contributed by atoms with Gasteiger partial charge < -0.3 is 5.32 Å². The summed E-state index contributed by atoms with van der Waals surface area (Å²) in [7, 11) is -3.48. The molecular weight excluding hydrogens is 248 g/mol. The molecule has 1 aliphatic heterocycles. The van der Waals surface area contributed by atoms with Gasteiger partial charge in [0.15, 0.2) is 21.5 Å². The molecule has 1 unspecified atom stereocenters. The fourth-order valence-corrected chi connectivity index (χ4v) is 3.89. The minimum Gasteiger partial charge on any atom is -0.306 e. The first-order valence-corrected chi connectivity index (χ1v) is 7.10. The van der Waals surface area contributed by atoms with E-state index in [0.717, 1.165) is 25.0 Å². The Labute approximate surface area is 97.8 Å². The Hall–Kier alpha value is -1.01. The van der Waals surface area contributed by atoms with Crippen molar-refractivity contribution in [2.45, 2.75) is 29.8 Å². The zero-order chi connectivity index (χ0) is 12.2. The molecule has 1 aliphatic carbocycles. The molecule has 17 heavy (non-hydrogen) atoms. The number of nitrogens with one attached hydrogen (secondary N) is 1. The first-order chi connectivity index (χ1) is 7.97. The largest absolute Gasteiger partial charge is 0.306 e. The van der Waals surface area contributed by atoms with Crippen LogP contribution in [0.25, 0.3) is 0 Å². The van der Waals surface area contributed by atoms with Crippen molar-refractivity contribution in [2.24, 2.45) is 0 Å². The molecule has 1 N–H and O–H groups in total. The maximum atomic E-state index is 13.2. The molecule has 1 fully saturated rings. The zero-order valence-electron chi connectivity index (χ0n) is 8.91. The number of rotatable bonds is 2. The Bertz CT molecular complexity index is 581. The van der Waals surface area contributed by atoms with E-state index in [0.29, 0.717) is 11.6 Å². The standard InChI is InChI=1S/C11H11F2NO2S/c12-8-3-7-10(14-6-1-2-6)5-17(15,16)11(7)4-9(8)13/h3-4,6,10,14H,1-2,5H2. The lowest BCUT2D eigenvalue weighted by molar-refractivity contribution is 0.498. The Morgan fingerprint density at radius 3 is 2.47 bits per heavy atom. The topological polar surface area (TPSA) is 46.2 Å². The molecule has 0 saturated heterocycles. The van der Waals surface area contributed by atoms with Crippen molar-refractivity contribution in [3.63, 3.8) is 0 Å². The second-order valence-corrected chi connectivity index (χ2v) is 6.58. The molecule has 0 spiro atoms. The van der Waals surface area contributed by atoms with Gasteiger partial charge in [-0.1, -0.05) is 0 Å². The Balaban J connectivity index is 2.08. The van der Waals surface area contributed by atoms with Crippen LogP contribution in [0.15, 0.2) is 17.0 Å². The lowest BCUT2D eigenvalue weighted by atomic mass is 10.1. The molecule has 1 saturated carbocycles. The van der Waals surface area contributed by atoms with Gasteiger partial charge in [0.25, 0.3) is 0 Å². The molecule has 3 nitrogen and oxygen atoms in total. The van der Waals surface area contributed by atoms with Crippen LogP contribution >= 0.6 is 0 Å². The summed E-state index contributed by atoms with van der Waals surface area (Å²) >= 11 is 0. The number of fused-ring (bicyclic) bond motifs is 1. The maximum absolute atomic E-state index is 13.2. The summed E-state index contributed by atoms with van der Waals surface area (Å²) in [5.41, 5.74) is 0.357. The molecule has 2 aliphatic rings. The predicted octanol–water partition coefficient (Wildman–Crippen LogP) is 1.55. The summed E-state index contributed by atoms with van der Waals surface area (Å²) in [6.45, 7) is 0. The van der Waals surface area contributed by atoms with Crippen LogP contribution in [-0.2, 0) is 9.84 Å². The Morgan fingerprint density at radius 1 is 1.18 bits per heavy atom. The second-order valence-electron chi connectivity index (χ2n) is 4.58. The molecule has 0 radical (unpaired) electrons. The third-order valence-corrected chi connectivity index (χ3v) is 4.96. The third-order valence-electron chi connectivity index (χ3n) is 3.16. The van der Waals surface area contributed by atoms with E-state index in [-0.39, 0.29) is 10.6 Å². The maximum Gasteiger partial charge on any atom is 0.180 e. The molecule has 6 heteroatoms. The van der Waals surface area contributed by atoms with Gasteiger partial charge in [0.1, 0.15) is 0 Å². The zero-order valence-corrected chi connectivity index (χ0v) is 9.73.